The Bertz CT molecular complexity index is 557. The Morgan fingerprint density at radius 3 is 1.84 bits per heavy atom. The zero-order valence-electron chi connectivity index (χ0n) is 21.4. The number of benzene rings is 1. The van der Waals surface area contributed by atoms with Gasteiger partial charge >= 0.3 is 5.97 Å². The van der Waals surface area contributed by atoms with Crippen LogP contribution in [0.4, 0.5) is 0 Å². The van der Waals surface area contributed by atoms with Gasteiger partial charge in [0, 0.05) is 6.54 Å². The van der Waals surface area contributed by atoms with Crippen LogP contribution in [0.25, 0.3) is 0 Å². The Hall–Kier alpha value is -1.10. The van der Waals surface area contributed by atoms with E-state index in [0.717, 1.165) is 89.5 Å². The molecule has 1 atom stereocenters. The number of carbonyl (C=O) groups is 1. The number of ether oxygens (including phenoxy) is 1. The molecule has 0 heterocycles. The van der Waals surface area contributed by atoms with Crippen LogP contribution in [0.5, 0.6) is 0 Å². The smallest absolute Gasteiger partial charge is 0.328 e. The number of hydrogen-bond donors (Lipinski definition) is 2. The molecule has 0 fully saturated rings. The number of esters is 1. The summed E-state index contributed by atoms with van der Waals surface area (Å²) in [6.07, 6.45) is 9.63. The van der Waals surface area contributed by atoms with Gasteiger partial charge in [-0.15, -0.1) is 0 Å². The molecule has 2 N–H and O–H groups in total. The third-order valence-electron chi connectivity index (χ3n) is 6.47. The Morgan fingerprint density at radius 2 is 1.41 bits per heavy atom. The number of unbranched alkanes of at least 4 members (excludes halogenated alkanes) is 3. The first-order valence-electron chi connectivity index (χ1n) is 12.9. The van der Waals surface area contributed by atoms with E-state index >= 15 is 0 Å². The van der Waals surface area contributed by atoms with E-state index in [0.29, 0.717) is 0 Å². The van der Waals surface area contributed by atoms with Crippen LogP contribution in [0, 0.1) is 0 Å². The summed E-state index contributed by atoms with van der Waals surface area (Å²) in [5, 5.41) is 3.53. The van der Waals surface area contributed by atoms with E-state index in [-0.39, 0.29) is 24.0 Å². The SMILES string of the molecule is CCCCC(CCCC)(CCCC)OC(=O)C(NCC[NH+](CC)CC)c1ccccc1.[Cl-]. The normalized spacial score (nSPS) is 12.4. The second kappa shape index (κ2) is 18.3. The third kappa shape index (κ3) is 11.2. The standard InChI is InChI=1S/C27H48N2O2.ClH/c1-6-11-19-27(20-12-7-2,21-13-8-3)31-26(30)25(24-17-15-14-16-18-24)28-22-23-29(9-4)10-5;/h14-18,25,28H,6-13,19-23H2,1-5H3;1H. The minimum absolute atomic E-state index is 0. The van der Waals surface area contributed by atoms with Gasteiger partial charge in [-0.1, -0.05) is 70.4 Å². The van der Waals surface area contributed by atoms with Crippen LogP contribution in [0.2, 0.25) is 0 Å². The van der Waals surface area contributed by atoms with E-state index in [1.165, 1.54) is 4.90 Å². The van der Waals surface area contributed by atoms with Gasteiger partial charge in [-0.25, -0.2) is 4.79 Å². The number of halogens is 1. The molecule has 0 spiro atoms. The molecular formula is C27H49ClN2O2. The Morgan fingerprint density at radius 1 is 0.906 bits per heavy atom. The molecule has 5 heteroatoms. The first kappa shape index (κ1) is 30.9. The lowest BCUT2D eigenvalue weighted by atomic mass is 9.85. The van der Waals surface area contributed by atoms with E-state index < -0.39 is 6.04 Å². The van der Waals surface area contributed by atoms with E-state index in [4.69, 9.17) is 4.74 Å². The van der Waals surface area contributed by atoms with Crippen LogP contribution in [-0.4, -0.2) is 37.7 Å². The van der Waals surface area contributed by atoms with E-state index in [1.807, 2.05) is 30.3 Å². The van der Waals surface area contributed by atoms with Gasteiger partial charge in [-0.05, 0) is 57.9 Å². The average molecular weight is 469 g/mol. The lowest BCUT2D eigenvalue weighted by molar-refractivity contribution is -0.895. The summed E-state index contributed by atoms with van der Waals surface area (Å²) in [5.74, 6) is -0.107. The predicted octanol–water partition coefficient (Wildman–Crippen LogP) is 2.10. The van der Waals surface area contributed by atoms with E-state index in [1.54, 1.807) is 0 Å². The molecule has 0 saturated carbocycles. The maximum atomic E-state index is 13.6. The molecule has 0 radical (unpaired) electrons. The van der Waals surface area contributed by atoms with Crippen molar-refractivity contribution in [3.8, 4) is 0 Å². The summed E-state index contributed by atoms with van der Waals surface area (Å²) in [6, 6.07) is 9.68. The number of nitrogens with one attached hydrogen (secondary N) is 2. The second-order valence-electron chi connectivity index (χ2n) is 8.92. The van der Waals surface area contributed by atoms with Crippen molar-refractivity contribution in [2.75, 3.05) is 26.2 Å². The van der Waals surface area contributed by atoms with Gasteiger partial charge in [-0.3, -0.25) is 5.32 Å². The van der Waals surface area contributed by atoms with Crippen LogP contribution in [-0.2, 0) is 9.53 Å². The van der Waals surface area contributed by atoms with Gasteiger partial charge < -0.3 is 22.0 Å². The van der Waals surface area contributed by atoms with Crippen LogP contribution in [0.15, 0.2) is 30.3 Å². The summed E-state index contributed by atoms with van der Waals surface area (Å²) in [5.41, 5.74) is 0.676. The summed E-state index contributed by atoms with van der Waals surface area (Å²) in [7, 11) is 0. The minimum Gasteiger partial charge on any atom is -1.00 e. The molecule has 0 aliphatic rings. The second-order valence-corrected chi connectivity index (χ2v) is 8.92. The number of hydrogen-bond acceptors (Lipinski definition) is 3. The van der Waals surface area contributed by atoms with Crippen LogP contribution >= 0.6 is 0 Å². The summed E-state index contributed by atoms with van der Waals surface area (Å²) < 4.78 is 6.46. The first-order chi connectivity index (χ1) is 15.1. The highest BCUT2D eigenvalue weighted by atomic mass is 35.5. The van der Waals surface area contributed by atoms with E-state index in [9.17, 15) is 4.79 Å². The lowest BCUT2D eigenvalue weighted by Crippen LogP contribution is -3.12. The minimum atomic E-state index is -0.402. The zero-order valence-corrected chi connectivity index (χ0v) is 22.1. The van der Waals surface area contributed by atoms with Crippen molar-refractivity contribution in [2.24, 2.45) is 0 Å². The van der Waals surface area contributed by atoms with Gasteiger partial charge in [-0.2, -0.15) is 0 Å². The first-order valence-corrected chi connectivity index (χ1v) is 12.9. The van der Waals surface area contributed by atoms with Crippen molar-refractivity contribution in [3.05, 3.63) is 35.9 Å². The summed E-state index contributed by atoms with van der Waals surface area (Å²) >= 11 is 0. The van der Waals surface area contributed by atoms with Gasteiger partial charge in [0.25, 0.3) is 0 Å². The highest BCUT2D eigenvalue weighted by molar-refractivity contribution is 5.78. The lowest BCUT2D eigenvalue weighted by Gasteiger charge is -2.35. The highest BCUT2D eigenvalue weighted by Crippen LogP contribution is 2.33. The molecule has 4 nitrogen and oxygen atoms in total. The van der Waals surface area contributed by atoms with Crippen LogP contribution < -0.4 is 22.6 Å². The molecule has 1 rings (SSSR count). The molecule has 1 aromatic carbocycles. The average Bonchev–Trinajstić information content (AvgIpc) is 2.80. The molecule has 0 aromatic heterocycles. The maximum Gasteiger partial charge on any atom is 0.328 e. The molecule has 1 aromatic rings. The molecular weight excluding hydrogens is 420 g/mol. The Kier molecular flexibility index (Phi) is 17.7. The van der Waals surface area contributed by atoms with Gasteiger partial charge in [0.1, 0.15) is 11.6 Å². The number of rotatable bonds is 18. The van der Waals surface area contributed by atoms with Crippen LogP contribution in [0.3, 0.4) is 0 Å². The quantitative estimate of drug-likeness (QED) is 0.324. The van der Waals surface area contributed by atoms with Gasteiger partial charge in [0.05, 0.1) is 19.6 Å². The molecule has 0 aliphatic carbocycles. The molecule has 0 bridgehead atoms. The van der Waals surface area contributed by atoms with E-state index in [2.05, 4.69) is 39.9 Å². The zero-order chi connectivity index (χ0) is 23.0. The molecule has 0 amide bonds. The molecule has 0 aliphatic heterocycles. The molecule has 32 heavy (non-hydrogen) atoms. The monoisotopic (exact) mass is 468 g/mol. The molecule has 1 unspecified atom stereocenters. The summed E-state index contributed by atoms with van der Waals surface area (Å²) in [6.45, 7) is 15.1. The topological polar surface area (TPSA) is 42.8 Å². The predicted molar refractivity (Wildman–Crippen MR) is 131 cm³/mol. The van der Waals surface area contributed by atoms with Crippen molar-refractivity contribution in [1.82, 2.24) is 5.32 Å². The highest BCUT2D eigenvalue weighted by Gasteiger charge is 2.35. The third-order valence-corrected chi connectivity index (χ3v) is 6.47. The van der Waals surface area contributed by atoms with Crippen LogP contribution in [0.1, 0.15) is 104 Å². The molecule has 0 saturated heterocycles. The fourth-order valence-electron chi connectivity index (χ4n) is 4.28. The number of carbonyl (C=O) groups excluding carboxylic acids is 1. The Balaban J connectivity index is 0.00000961. The maximum absolute atomic E-state index is 13.6. The number of quaternary nitrogens is 1. The van der Waals surface area contributed by atoms with Crippen molar-refractivity contribution < 1.29 is 26.8 Å². The van der Waals surface area contributed by atoms with Crippen molar-refractivity contribution in [2.45, 2.75) is 104 Å². The Labute approximate surface area is 204 Å². The van der Waals surface area contributed by atoms with Gasteiger partial charge in [0.2, 0.25) is 0 Å². The van der Waals surface area contributed by atoms with Crippen molar-refractivity contribution >= 4 is 5.97 Å². The van der Waals surface area contributed by atoms with Crippen molar-refractivity contribution in [3.63, 3.8) is 0 Å². The molecule has 186 valence electrons. The number of likely N-dealkylation sites (N-methyl/N-ethyl adjacent to an activating group) is 1. The largest absolute Gasteiger partial charge is 1.00 e. The fourth-order valence-corrected chi connectivity index (χ4v) is 4.28. The van der Waals surface area contributed by atoms with Gasteiger partial charge in [0.15, 0.2) is 0 Å². The fraction of sp³-hybridized carbons (Fsp3) is 0.741. The van der Waals surface area contributed by atoms with Crippen molar-refractivity contribution in [1.29, 1.82) is 0 Å². The summed E-state index contributed by atoms with van der Waals surface area (Å²) in [4.78, 5) is 15.1.